The molecule has 3 rings (SSSR count). The van der Waals surface area contributed by atoms with Crippen LogP contribution in [0.5, 0.6) is 5.75 Å². The van der Waals surface area contributed by atoms with Gasteiger partial charge in [-0.1, -0.05) is 18.2 Å². The third-order valence-corrected chi connectivity index (χ3v) is 5.51. The third kappa shape index (κ3) is 3.35. The number of fused-ring (bicyclic) bond motifs is 1. The van der Waals surface area contributed by atoms with E-state index in [-0.39, 0.29) is 17.5 Å². The second-order valence-corrected chi connectivity index (χ2v) is 7.29. The van der Waals surface area contributed by atoms with Crippen molar-refractivity contribution in [3.63, 3.8) is 0 Å². The maximum atomic E-state index is 12.7. The highest BCUT2D eigenvalue weighted by molar-refractivity contribution is 7.20. The second kappa shape index (κ2) is 7.29. The van der Waals surface area contributed by atoms with Crippen LogP contribution in [-0.4, -0.2) is 28.6 Å². The van der Waals surface area contributed by atoms with Gasteiger partial charge in [-0.25, -0.2) is 4.98 Å². The van der Waals surface area contributed by atoms with E-state index in [1.54, 1.807) is 21.1 Å². The van der Waals surface area contributed by atoms with Crippen LogP contribution in [0.1, 0.15) is 27.7 Å². The van der Waals surface area contributed by atoms with Gasteiger partial charge in [-0.2, -0.15) is 0 Å². The van der Waals surface area contributed by atoms with Crippen molar-refractivity contribution >= 4 is 27.5 Å². The first-order valence-electron chi connectivity index (χ1n) is 8.29. The topological polar surface area (TPSA) is 73.2 Å². The number of aromatic nitrogens is 2. The van der Waals surface area contributed by atoms with Crippen molar-refractivity contribution in [1.82, 2.24) is 14.9 Å². The Balaban J connectivity index is 1.82. The molecule has 136 valence electrons. The zero-order chi connectivity index (χ0) is 18.8. The first-order chi connectivity index (χ1) is 12.4. The molecule has 7 heteroatoms. The number of hydrogen-bond donors (Lipinski definition) is 1. The Hall–Kier alpha value is -2.67. The van der Waals surface area contributed by atoms with E-state index in [1.807, 2.05) is 31.2 Å². The van der Waals surface area contributed by atoms with Crippen LogP contribution in [0.25, 0.3) is 10.2 Å². The number of aryl methyl sites for hydroxylation is 2. The molecule has 0 unspecified atom stereocenters. The summed E-state index contributed by atoms with van der Waals surface area (Å²) in [6.45, 7) is 3.74. The average molecular weight is 371 g/mol. The van der Waals surface area contributed by atoms with E-state index in [1.165, 1.54) is 22.2 Å². The molecule has 1 atom stereocenters. The molecular weight excluding hydrogens is 350 g/mol. The Kier molecular flexibility index (Phi) is 5.08. The molecule has 1 aromatic carbocycles. The molecule has 0 bridgehead atoms. The third-order valence-electron chi connectivity index (χ3n) is 4.31. The minimum Gasteiger partial charge on any atom is -0.496 e. The summed E-state index contributed by atoms with van der Waals surface area (Å²) in [5.74, 6) is 0.620. The zero-order valence-electron chi connectivity index (χ0n) is 15.2. The number of methoxy groups -OCH3 is 1. The van der Waals surface area contributed by atoms with Crippen LogP contribution in [-0.2, 0) is 13.5 Å². The molecule has 2 heterocycles. The van der Waals surface area contributed by atoms with E-state index in [2.05, 4.69) is 10.3 Å². The van der Waals surface area contributed by atoms with Crippen LogP contribution in [0.2, 0.25) is 0 Å². The number of ether oxygens (including phenoxy) is 1. The molecule has 0 saturated heterocycles. The van der Waals surface area contributed by atoms with Gasteiger partial charge in [0.1, 0.15) is 10.6 Å². The van der Waals surface area contributed by atoms with E-state index in [0.29, 0.717) is 27.1 Å². The average Bonchev–Trinajstić information content (AvgIpc) is 2.96. The summed E-state index contributed by atoms with van der Waals surface area (Å²) in [6.07, 6.45) is 2.13. The number of rotatable bonds is 5. The summed E-state index contributed by atoms with van der Waals surface area (Å²) >= 11 is 1.25. The van der Waals surface area contributed by atoms with Crippen molar-refractivity contribution in [3.05, 3.63) is 57.0 Å². The van der Waals surface area contributed by atoms with Gasteiger partial charge < -0.3 is 14.6 Å². The van der Waals surface area contributed by atoms with Gasteiger partial charge in [0.2, 0.25) is 0 Å². The first kappa shape index (κ1) is 18.1. The molecule has 3 aromatic rings. The fourth-order valence-corrected chi connectivity index (χ4v) is 4.01. The maximum Gasteiger partial charge on any atom is 0.262 e. The Morgan fingerprint density at radius 2 is 2.12 bits per heavy atom. The fraction of sp³-hybridized carbons (Fsp3) is 0.316. The standard InChI is InChI=1S/C19H21N3O3S/c1-11(9-13-7-5-6-8-14(13)25-4)21-17(23)16-12(2)15-18(26-16)20-10-22(3)19(15)24/h5-8,10-11H,9H2,1-4H3,(H,21,23)/t11-/m1/s1. The first-order valence-corrected chi connectivity index (χ1v) is 9.11. The molecule has 1 N–H and O–H groups in total. The number of hydrogen-bond acceptors (Lipinski definition) is 5. The summed E-state index contributed by atoms with van der Waals surface area (Å²) < 4.78 is 6.79. The number of carbonyl (C=O) groups is 1. The molecular formula is C19H21N3O3S. The summed E-state index contributed by atoms with van der Waals surface area (Å²) in [5, 5.41) is 3.53. The van der Waals surface area contributed by atoms with Crippen molar-refractivity contribution in [2.45, 2.75) is 26.3 Å². The van der Waals surface area contributed by atoms with E-state index >= 15 is 0 Å². The lowest BCUT2D eigenvalue weighted by molar-refractivity contribution is 0.0943. The molecule has 0 radical (unpaired) electrons. The monoisotopic (exact) mass is 371 g/mol. The van der Waals surface area contributed by atoms with E-state index < -0.39 is 0 Å². The van der Waals surface area contributed by atoms with Crippen LogP contribution in [0.4, 0.5) is 0 Å². The van der Waals surface area contributed by atoms with Gasteiger partial charge in [0.15, 0.2) is 0 Å². The van der Waals surface area contributed by atoms with E-state index in [4.69, 9.17) is 4.74 Å². The molecule has 1 amide bonds. The Bertz CT molecular complexity index is 1020. The van der Waals surface area contributed by atoms with Crippen molar-refractivity contribution in [2.75, 3.05) is 7.11 Å². The fourth-order valence-electron chi connectivity index (χ4n) is 2.97. The van der Waals surface area contributed by atoms with Crippen LogP contribution in [0, 0.1) is 6.92 Å². The lowest BCUT2D eigenvalue weighted by atomic mass is 10.1. The summed E-state index contributed by atoms with van der Waals surface area (Å²) in [6, 6.07) is 7.67. The van der Waals surface area contributed by atoms with Crippen molar-refractivity contribution in [1.29, 1.82) is 0 Å². The molecule has 26 heavy (non-hydrogen) atoms. The molecule has 0 saturated carbocycles. The minimum atomic E-state index is -0.185. The molecule has 0 aliphatic carbocycles. The van der Waals surface area contributed by atoms with Crippen molar-refractivity contribution < 1.29 is 9.53 Å². The predicted octanol–water partition coefficient (Wildman–Crippen LogP) is 2.67. The molecule has 2 aromatic heterocycles. The van der Waals surface area contributed by atoms with Crippen molar-refractivity contribution in [2.24, 2.45) is 7.05 Å². The number of nitrogens with one attached hydrogen (secondary N) is 1. The SMILES string of the molecule is COc1ccccc1C[C@@H](C)NC(=O)c1sc2ncn(C)c(=O)c2c1C. The van der Waals surface area contributed by atoms with Gasteiger partial charge in [0, 0.05) is 13.1 Å². The largest absolute Gasteiger partial charge is 0.496 e. The van der Waals surface area contributed by atoms with E-state index in [0.717, 1.165) is 11.3 Å². The summed E-state index contributed by atoms with van der Waals surface area (Å²) in [5.41, 5.74) is 1.58. The number of nitrogens with zero attached hydrogens (tertiary/aromatic N) is 2. The zero-order valence-corrected chi connectivity index (χ0v) is 16.0. The lowest BCUT2D eigenvalue weighted by Gasteiger charge is -2.15. The van der Waals surface area contributed by atoms with Crippen LogP contribution in [0.3, 0.4) is 0 Å². The van der Waals surface area contributed by atoms with Gasteiger partial charge in [0.05, 0.1) is 23.7 Å². The molecule has 0 fully saturated rings. The number of thiophene rings is 1. The predicted molar refractivity (Wildman–Crippen MR) is 103 cm³/mol. The Morgan fingerprint density at radius 3 is 2.85 bits per heavy atom. The van der Waals surface area contributed by atoms with Gasteiger partial charge in [-0.05, 0) is 37.5 Å². The normalized spacial score (nSPS) is 12.2. The van der Waals surface area contributed by atoms with Gasteiger partial charge in [-0.15, -0.1) is 11.3 Å². The quantitative estimate of drug-likeness (QED) is 0.748. The number of amides is 1. The van der Waals surface area contributed by atoms with Gasteiger partial charge in [0.25, 0.3) is 11.5 Å². The summed E-state index contributed by atoms with van der Waals surface area (Å²) in [4.78, 5) is 30.4. The van der Waals surface area contributed by atoms with Crippen molar-refractivity contribution in [3.8, 4) is 5.75 Å². The molecule has 0 spiro atoms. The lowest BCUT2D eigenvalue weighted by Crippen LogP contribution is -2.34. The van der Waals surface area contributed by atoms with Crippen LogP contribution >= 0.6 is 11.3 Å². The molecule has 0 aliphatic rings. The number of para-hydroxylation sites is 1. The highest BCUT2D eigenvalue weighted by Crippen LogP contribution is 2.27. The smallest absolute Gasteiger partial charge is 0.262 e. The van der Waals surface area contributed by atoms with Gasteiger partial charge in [-0.3, -0.25) is 9.59 Å². The van der Waals surface area contributed by atoms with E-state index in [9.17, 15) is 9.59 Å². The Morgan fingerprint density at radius 1 is 1.38 bits per heavy atom. The highest BCUT2D eigenvalue weighted by Gasteiger charge is 2.20. The van der Waals surface area contributed by atoms with Gasteiger partial charge >= 0.3 is 0 Å². The Labute approximate surface area is 155 Å². The second-order valence-electron chi connectivity index (χ2n) is 6.29. The number of benzene rings is 1. The number of carbonyl (C=O) groups excluding carboxylic acids is 1. The van der Waals surface area contributed by atoms with Crippen LogP contribution in [0.15, 0.2) is 35.4 Å². The van der Waals surface area contributed by atoms with Crippen LogP contribution < -0.4 is 15.6 Å². The maximum absolute atomic E-state index is 12.7. The summed E-state index contributed by atoms with van der Waals surface area (Å²) in [7, 11) is 3.29. The molecule has 0 aliphatic heterocycles. The minimum absolute atomic E-state index is 0.0841. The molecule has 6 nitrogen and oxygen atoms in total. The highest BCUT2D eigenvalue weighted by atomic mass is 32.1.